The number of rotatable bonds is 7. The normalized spacial score (nSPS) is 16.4. The Kier molecular flexibility index (Phi) is 6.42. The molecule has 2 aromatic rings. The predicted molar refractivity (Wildman–Crippen MR) is 100 cm³/mol. The van der Waals surface area contributed by atoms with E-state index < -0.39 is 0 Å². The summed E-state index contributed by atoms with van der Waals surface area (Å²) in [7, 11) is 1.63. The van der Waals surface area contributed by atoms with Crippen LogP contribution in [-0.4, -0.2) is 49.1 Å². The van der Waals surface area contributed by atoms with Gasteiger partial charge in [0.2, 0.25) is 5.91 Å². The van der Waals surface area contributed by atoms with E-state index in [4.69, 9.17) is 9.15 Å². The molecule has 2 heterocycles. The van der Waals surface area contributed by atoms with Crippen LogP contribution in [0.2, 0.25) is 0 Å². The number of benzene rings is 1. The number of nitrogens with one attached hydrogen (secondary N) is 1. The van der Waals surface area contributed by atoms with Gasteiger partial charge in [0.25, 0.3) is 0 Å². The van der Waals surface area contributed by atoms with Gasteiger partial charge < -0.3 is 14.5 Å². The minimum absolute atomic E-state index is 0.0104. The molecule has 0 bridgehead atoms. The van der Waals surface area contributed by atoms with Crippen LogP contribution in [0.3, 0.4) is 0 Å². The second-order valence-electron chi connectivity index (χ2n) is 6.01. The van der Waals surface area contributed by atoms with Gasteiger partial charge in [0.1, 0.15) is 11.5 Å². The summed E-state index contributed by atoms with van der Waals surface area (Å²) < 4.78 is 10.8. The molecule has 1 saturated heterocycles. The Morgan fingerprint density at radius 1 is 1.32 bits per heavy atom. The van der Waals surface area contributed by atoms with E-state index in [-0.39, 0.29) is 11.9 Å². The number of methoxy groups -OCH3 is 1. The Morgan fingerprint density at radius 3 is 2.88 bits per heavy atom. The lowest BCUT2D eigenvalue weighted by molar-refractivity contribution is -0.120. The molecule has 1 atom stereocenters. The zero-order valence-corrected chi connectivity index (χ0v) is 15.3. The van der Waals surface area contributed by atoms with E-state index >= 15 is 0 Å². The Morgan fingerprint density at radius 2 is 2.16 bits per heavy atom. The summed E-state index contributed by atoms with van der Waals surface area (Å²) in [4.78, 5) is 14.8. The highest BCUT2D eigenvalue weighted by atomic mass is 32.2. The predicted octanol–water partition coefficient (Wildman–Crippen LogP) is 2.74. The van der Waals surface area contributed by atoms with Crippen molar-refractivity contribution >= 4 is 17.7 Å². The first kappa shape index (κ1) is 17.9. The second-order valence-corrected chi connectivity index (χ2v) is 7.24. The van der Waals surface area contributed by atoms with Crippen LogP contribution in [-0.2, 0) is 11.2 Å². The summed E-state index contributed by atoms with van der Waals surface area (Å²) >= 11 is 1.97. The third kappa shape index (κ3) is 5.03. The van der Waals surface area contributed by atoms with Crippen molar-refractivity contribution in [2.75, 3.05) is 38.2 Å². The van der Waals surface area contributed by atoms with Gasteiger partial charge in [-0.05, 0) is 29.8 Å². The summed E-state index contributed by atoms with van der Waals surface area (Å²) in [6, 6.07) is 11.6. The van der Waals surface area contributed by atoms with Crippen molar-refractivity contribution in [2.45, 2.75) is 12.5 Å². The van der Waals surface area contributed by atoms with Crippen LogP contribution in [0.4, 0.5) is 0 Å². The molecule has 5 nitrogen and oxygen atoms in total. The Hall–Kier alpha value is -1.92. The maximum atomic E-state index is 12.4. The monoisotopic (exact) mass is 360 g/mol. The van der Waals surface area contributed by atoms with E-state index in [0.29, 0.717) is 13.0 Å². The molecule has 0 spiro atoms. The molecule has 1 aromatic carbocycles. The minimum Gasteiger partial charge on any atom is -0.497 e. The molecule has 1 amide bonds. The standard InChI is InChI=1S/C19H24N2O3S/c1-23-16-5-2-4-15(12-16)13-19(22)20-14-17(18-6-3-9-24-18)21-7-10-25-11-8-21/h2-6,9,12,17H,7-8,10-11,13-14H2,1H3,(H,20,22). The van der Waals surface area contributed by atoms with Gasteiger partial charge in [-0.2, -0.15) is 11.8 Å². The number of carbonyl (C=O) groups excluding carboxylic acids is 1. The Balaban J connectivity index is 1.59. The molecule has 1 aliphatic rings. The van der Waals surface area contributed by atoms with Gasteiger partial charge in [-0.3, -0.25) is 9.69 Å². The average molecular weight is 360 g/mol. The van der Waals surface area contributed by atoms with Crippen molar-refractivity contribution in [3.8, 4) is 5.75 Å². The van der Waals surface area contributed by atoms with Gasteiger partial charge in [0.05, 0.1) is 25.8 Å². The molecule has 25 heavy (non-hydrogen) atoms. The second kappa shape index (κ2) is 8.97. The van der Waals surface area contributed by atoms with Crippen LogP contribution in [0.25, 0.3) is 0 Å². The van der Waals surface area contributed by atoms with Crippen molar-refractivity contribution in [3.05, 3.63) is 54.0 Å². The molecule has 0 aliphatic carbocycles. The lowest BCUT2D eigenvalue weighted by Gasteiger charge is -2.33. The average Bonchev–Trinajstić information content (AvgIpc) is 3.17. The molecular formula is C19H24N2O3S. The fourth-order valence-corrected chi connectivity index (χ4v) is 3.95. The van der Waals surface area contributed by atoms with Gasteiger partial charge in [0.15, 0.2) is 0 Å². The number of furan rings is 1. The van der Waals surface area contributed by atoms with Gasteiger partial charge in [-0.25, -0.2) is 0 Å². The first-order chi connectivity index (χ1) is 12.3. The molecule has 1 N–H and O–H groups in total. The molecule has 1 aromatic heterocycles. The van der Waals surface area contributed by atoms with E-state index in [9.17, 15) is 4.79 Å². The largest absolute Gasteiger partial charge is 0.497 e. The van der Waals surface area contributed by atoms with Crippen molar-refractivity contribution < 1.29 is 13.9 Å². The summed E-state index contributed by atoms with van der Waals surface area (Å²) in [5, 5.41) is 3.07. The summed E-state index contributed by atoms with van der Waals surface area (Å²) in [6.45, 7) is 2.59. The van der Waals surface area contributed by atoms with Crippen LogP contribution in [0.5, 0.6) is 5.75 Å². The third-order valence-electron chi connectivity index (χ3n) is 4.35. The molecule has 0 radical (unpaired) electrons. The first-order valence-electron chi connectivity index (χ1n) is 8.51. The van der Waals surface area contributed by atoms with Gasteiger partial charge in [-0.1, -0.05) is 12.1 Å². The number of hydrogen-bond acceptors (Lipinski definition) is 5. The van der Waals surface area contributed by atoms with E-state index in [1.807, 2.05) is 48.2 Å². The van der Waals surface area contributed by atoms with E-state index in [1.54, 1.807) is 13.4 Å². The molecule has 1 fully saturated rings. The van der Waals surface area contributed by atoms with Crippen LogP contribution in [0, 0.1) is 0 Å². The minimum atomic E-state index is 0.0104. The smallest absolute Gasteiger partial charge is 0.224 e. The number of hydrogen-bond donors (Lipinski definition) is 1. The van der Waals surface area contributed by atoms with E-state index in [2.05, 4.69) is 10.2 Å². The van der Waals surface area contributed by atoms with Crippen molar-refractivity contribution in [3.63, 3.8) is 0 Å². The highest BCUT2D eigenvalue weighted by molar-refractivity contribution is 7.99. The first-order valence-corrected chi connectivity index (χ1v) is 9.66. The quantitative estimate of drug-likeness (QED) is 0.823. The van der Waals surface area contributed by atoms with Gasteiger partial charge in [-0.15, -0.1) is 0 Å². The zero-order valence-electron chi connectivity index (χ0n) is 14.4. The van der Waals surface area contributed by atoms with Gasteiger partial charge >= 0.3 is 0 Å². The Bertz CT molecular complexity index is 669. The third-order valence-corrected chi connectivity index (χ3v) is 5.29. The van der Waals surface area contributed by atoms with E-state index in [0.717, 1.165) is 41.7 Å². The zero-order chi connectivity index (χ0) is 17.5. The Labute approximate surface area is 152 Å². The number of ether oxygens (including phenoxy) is 1. The number of thioether (sulfide) groups is 1. The lowest BCUT2D eigenvalue weighted by Crippen LogP contribution is -2.42. The van der Waals surface area contributed by atoms with E-state index in [1.165, 1.54) is 0 Å². The summed E-state index contributed by atoms with van der Waals surface area (Å²) in [5.41, 5.74) is 0.945. The van der Waals surface area contributed by atoms with Crippen LogP contribution < -0.4 is 10.1 Å². The summed E-state index contributed by atoms with van der Waals surface area (Å²) in [6.07, 6.45) is 2.04. The molecule has 6 heteroatoms. The van der Waals surface area contributed by atoms with Crippen molar-refractivity contribution in [1.82, 2.24) is 10.2 Å². The molecule has 0 saturated carbocycles. The SMILES string of the molecule is COc1cccc(CC(=O)NCC(c2ccco2)N2CCSCC2)c1. The molecule has 134 valence electrons. The number of carbonyl (C=O) groups is 1. The highest BCUT2D eigenvalue weighted by Crippen LogP contribution is 2.24. The van der Waals surface area contributed by atoms with Gasteiger partial charge in [0, 0.05) is 31.1 Å². The highest BCUT2D eigenvalue weighted by Gasteiger charge is 2.25. The van der Waals surface area contributed by atoms with Crippen molar-refractivity contribution in [1.29, 1.82) is 0 Å². The lowest BCUT2D eigenvalue weighted by atomic mass is 10.1. The van der Waals surface area contributed by atoms with Crippen molar-refractivity contribution in [2.24, 2.45) is 0 Å². The van der Waals surface area contributed by atoms with Crippen LogP contribution >= 0.6 is 11.8 Å². The fraction of sp³-hybridized carbons (Fsp3) is 0.421. The summed E-state index contributed by atoms with van der Waals surface area (Å²) in [5.74, 6) is 3.93. The maximum absolute atomic E-state index is 12.4. The molecule has 3 rings (SSSR count). The molecular weight excluding hydrogens is 336 g/mol. The fourth-order valence-electron chi connectivity index (χ4n) is 3.02. The van der Waals surface area contributed by atoms with Crippen LogP contribution in [0.1, 0.15) is 17.4 Å². The molecule has 1 aliphatic heterocycles. The molecule has 1 unspecified atom stereocenters. The number of amides is 1. The van der Waals surface area contributed by atoms with Crippen LogP contribution in [0.15, 0.2) is 47.1 Å². The topological polar surface area (TPSA) is 54.7 Å². The number of nitrogens with zero attached hydrogens (tertiary/aromatic N) is 1. The maximum Gasteiger partial charge on any atom is 0.224 e.